The molecule has 12 heteroatoms. The highest BCUT2D eigenvalue weighted by Gasteiger charge is 2.38. The molecule has 3 aliphatic rings. The fourth-order valence-electron chi connectivity index (χ4n) is 8.85. The fraction of sp³-hybridized carbons (Fsp3) is 0.535. The highest BCUT2D eigenvalue weighted by Crippen LogP contribution is 2.36. The molecule has 0 unspecified atom stereocenters. The number of hydrogen-bond donors (Lipinski definition) is 3. The molecule has 4 aromatic rings. The maximum atomic E-state index is 15.7. The largest absolute Gasteiger partial charge is 0.381 e. The van der Waals surface area contributed by atoms with E-state index in [4.69, 9.17) is 15.5 Å². The third-order valence-electron chi connectivity index (χ3n) is 11.8. The number of aryl methyl sites for hydroxylation is 2. The molecular formula is C43H57FN8O3. The molecule has 0 spiro atoms. The highest BCUT2D eigenvalue weighted by molar-refractivity contribution is 5.92. The zero-order valence-corrected chi connectivity index (χ0v) is 32.7. The van der Waals surface area contributed by atoms with Crippen LogP contribution in [-0.2, 0) is 46.9 Å². The van der Waals surface area contributed by atoms with Crippen molar-refractivity contribution in [1.29, 1.82) is 0 Å². The third-order valence-corrected chi connectivity index (χ3v) is 11.8. The zero-order valence-electron chi connectivity index (χ0n) is 32.7. The van der Waals surface area contributed by atoms with Crippen LogP contribution >= 0.6 is 0 Å². The van der Waals surface area contributed by atoms with Crippen molar-refractivity contribution in [3.63, 3.8) is 0 Å². The van der Waals surface area contributed by atoms with Crippen LogP contribution in [0.5, 0.6) is 0 Å². The number of carbonyl (C=O) groups is 2. The van der Waals surface area contributed by atoms with Gasteiger partial charge in [-0.05, 0) is 80.8 Å². The maximum absolute atomic E-state index is 15.7. The van der Waals surface area contributed by atoms with Gasteiger partial charge in [0, 0.05) is 99.8 Å². The number of carbonyl (C=O) groups excluding carboxylic acids is 2. The first kappa shape index (κ1) is 38.9. The van der Waals surface area contributed by atoms with Gasteiger partial charge < -0.3 is 26.0 Å². The van der Waals surface area contributed by atoms with Gasteiger partial charge in [-0.25, -0.2) is 14.1 Å². The van der Waals surface area contributed by atoms with Crippen molar-refractivity contribution in [2.24, 2.45) is 17.6 Å². The number of nitrogens with one attached hydrogen (secondary N) is 2. The fourth-order valence-corrected chi connectivity index (χ4v) is 8.85. The molecule has 294 valence electrons. The Hall–Kier alpha value is -4.39. The first-order valence-electron chi connectivity index (χ1n) is 20.3. The van der Waals surface area contributed by atoms with E-state index in [1.54, 1.807) is 6.07 Å². The van der Waals surface area contributed by atoms with Gasteiger partial charge in [0.1, 0.15) is 5.82 Å². The van der Waals surface area contributed by atoms with Crippen LogP contribution in [0.15, 0.2) is 48.7 Å². The average Bonchev–Trinajstić information content (AvgIpc) is 3.62. The van der Waals surface area contributed by atoms with E-state index >= 15 is 4.39 Å². The van der Waals surface area contributed by atoms with Crippen LogP contribution in [0.25, 0.3) is 22.2 Å². The maximum Gasteiger partial charge on any atom is 0.227 e. The van der Waals surface area contributed by atoms with Gasteiger partial charge in [0.2, 0.25) is 11.8 Å². The third kappa shape index (κ3) is 8.87. The summed E-state index contributed by atoms with van der Waals surface area (Å²) in [5.41, 5.74) is 12.8. The summed E-state index contributed by atoms with van der Waals surface area (Å²) in [7, 11) is 0. The Bertz CT molecular complexity index is 1980. The number of primary amides is 1. The smallest absolute Gasteiger partial charge is 0.227 e. The van der Waals surface area contributed by atoms with Crippen molar-refractivity contribution in [2.45, 2.75) is 104 Å². The molecule has 2 aliphatic heterocycles. The molecule has 7 rings (SSSR count). The van der Waals surface area contributed by atoms with E-state index in [2.05, 4.69) is 53.5 Å². The molecule has 3 fully saturated rings. The molecule has 1 aliphatic carbocycles. The predicted octanol–water partition coefficient (Wildman–Crippen LogP) is 6.02. The normalized spacial score (nSPS) is 21.1. The summed E-state index contributed by atoms with van der Waals surface area (Å²) in [4.78, 5) is 37.0. The summed E-state index contributed by atoms with van der Waals surface area (Å²) in [5.74, 6) is -1.89. The number of amides is 2. The quantitative estimate of drug-likeness (QED) is 0.151. The number of piperazine rings is 1. The number of fused-ring (bicyclic) bond motifs is 1. The lowest BCUT2D eigenvalue weighted by Gasteiger charge is -2.34. The second-order valence-corrected chi connectivity index (χ2v) is 15.7. The molecule has 2 saturated heterocycles. The lowest BCUT2D eigenvalue weighted by molar-refractivity contribution is -0.143. The number of nitrogens with zero attached hydrogens (tertiary/aromatic N) is 5. The number of pyridine rings is 1. The molecule has 4 N–H and O–H groups in total. The number of rotatable bonds is 13. The summed E-state index contributed by atoms with van der Waals surface area (Å²) in [6, 6.07) is 13.9. The van der Waals surface area contributed by atoms with Gasteiger partial charge in [0.15, 0.2) is 5.65 Å². The minimum Gasteiger partial charge on any atom is -0.381 e. The SMILES string of the molecule is CCc1nc2c(cnn2CC)c(NC2CCOCC2)c1CN(Cc1ccc(F)c(-c2cccc(CN3CCN[C@@H](C)C3)c2)c1)C(=O)[C@H]1CCCC[C@H]1C(N)=O. The lowest BCUT2D eigenvalue weighted by Crippen LogP contribution is -2.48. The van der Waals surface area contributed by atoms with Crippen LogP contribution in [0.1, 0.15) is 81.7 Å². The van der Waals surface area contributed by atoms with Crippen LogP contribution in [0.3, 0.4) is 0 Å². The van der Waals surface area contributed by atoms with Crippen LogP contribution in [0.2, 0.25) is 0 Å². The molecule has 0 radical (unpaired) electrons. The molecule has 2 aromatic carbocycles. The topological polar surface area (TPSA) is 131 Å². The Morgan fingerprint density at radius 3 is 2.58 bits per heavy atom. The van der Waals surface area contributed by atoms with Gasteiger partial charge in [-0.15, -0.1) is 0 Å². The molecule has 55 heavy (non-hydrogen) atoms. The Morgan fingerprint density at radius 1 is 1.04 bits per heavy atom. The van der Waals surface area contributed by atoms with Crippen molar-refractivity contribution in [1.82, 2.24) is 29.9 Å². The van der Waals surface area contributed by atoms with Gasteiger partial charge in [0.05, 0.1) is 17.3 Å². The number of halogens is 1. The van der Waals surface area contributed by atoms with Crippen LogP contribution in [-0.4, -0.2) is 81.3 Å². The van der Waals surface area contributed by atoms with Crippen molar-refractivity contribution in [3.05, 3.63) is 76.9 Å². The van der Waals surface area contributed by atoms with E-state index in [9.17, 15) is 9.59 Å². The van der Waals surface area contributed by atoms with Gasteiger partial charge in [-0.2, -0.15) is 5.10 Å². The molecule has 2 amide bonds. The van der Waals surface area contributed by atoms with E-state index in [-0.39, 0.29) is 30.9 Å². The molecule has 2 aromatic heterocycles. The van der Waals surface area contributed by atoms with Crippen molar-refractivity contribution >= 4 is 28.5 Å². The number of anilines is 1. The number of nitrogens with two attached hydrogens (primary N) is 1. The number of hydrogen-bond acceptors (Lipinski definition) is 8. The highest BCUT2D eigenvalue weighted by atomic mass is 19.1. The van der Waals surface area contributed by atoms with Gasteiger partial charge in [0.25, 0.3) is 0 Å². The lowest BCUT2D eigenvalue weighted by atomic mass is 9.78. The summed E-state index contributed by atoms with van der Waals surface area (Å²) in [6.45, 7) is 12.6. The Morgan fingerprint density at radius 2 is 1.84 bits per heavy atom. The van der Waals surface area contributed by atoms with Crippen molar-refractivity contribution < 1.29 is 18.7 Å². The van der Waals surface area contributed by atoms with Crippen LogP contribution < -0.4 is 16.4 Å². The molecular weight excluding hydrogens is 696 g/mol. The second-order valence-electron chi connectivity index (χ2n) is 15.7. The average molecular weight is 753 g/mol. The number of aromatic nitrogens is 3. The Labute approximate surface area is 324 Å². The van der Waals surface area contributed by atoms with E-state index < -0.39 is 17.7 Å². The number of ether oxygens (including phenoxy) is 1. The number of benzene rings is 2. The first-order chi connectivity index (χ1) is 26.7. The standard InChI is InChI=1S/C43H57FN8O3/c1-4-39-37(40(48-32-15-19-55-20-16-32)36-23-47-52(5-2)42(36)49-39)27-51(43(54)34-12-7-6-11-33(34)41(45)53)26-30-13-14-38(44)35(22-30)31-10-8-9-29(21-31)25-50-18-17-46-28(3)24-50/h8-10,13-14,21-23,28,32-34,46H,4-7,11-12,15-20,24-27H2,1-3H3,(H2,45,53)(H,48,49)/t28-,33+,34-/m0/s1. The molecule has 3 atom stereocenters. The van der Waals surface area contributed by atoms with E-state index in [0.29, 0.717) is 50.6 Å². The molecule has 1 saturated carbocycles. The molecule has 11 nitrogen and oxygen atoms in total. The minimum atomic E-state index is -0.525. The zero-order chi connectivity index (χ0) is 38.5. The monoisotopic (exact) mass is 752 g/mol. The van der Waals surface area contributed by atoms with Crippen molar-refractivity contribution in [3.8, 4) is 11.1 Å². The van der Waals surface area contributed by atoms with Gasteiger partial charge in [-0.1, -0.05) is 44.0 Å². The predicted molar refractivity (Wildman–Crippen MR) is 214 cm³/mol. The van der Waals surface area contributed by atoms with E-state index in [1.807, 2.05) is 34.0 Å². The van der Waals surface area contributed by atoms with Crippen LogP contribution in [0.4, 0.5) is 10.1 Å². The second kappa shape index (κ2) is 17.6. The van der Waals surface area contributed by atoms with Crippen LogP contribution in [0, 0.1) is 17.7 Å². The van der Waals surface area contributed by atoms with E-state index in [1.165, 1.54) is 6.07 Å². The Balaban J connectivity index is 1.26. The van der Waals surface area contributed by atoms with Gasteiger partial charge in [-0.3, -0.25) is 14.5 Å². The van der Waals surface area contributed by atoms with Gasteiger partial charge >= 0.3 is 0 Å². The minimum absolute atomic E-state index is 0.106. The first-order valence-corrected chi connectivity index (χ1v) is 20.3. The molecule has 4 heterocycles. The summed E-state index contributed by atoms with van der Waals surface area (Å²) >= 11 is 0. The molecule has 0 bridgehead atoms. The van der Waals surface area contributed by atoms with E-state index in [0.717, 1.165) is 96.5 Å². The summed E-state index contributed by atoms with van der Waals surface area (Å²) < 4.78 is 23.3. The van der Waals surface area contributed by atoms with Crippen molar-refractivity contribution in [2.75, 3.05) is 38.2 Å². The summed E-state index contributed by atoms with van der Waals surface area (Å²) in [5, 5.41) is 12.9. The Kier molecular flexibility index (Phi) is 12.4. The summed E-state index contributed by atoms with van der Waals surface area (Å²) in [6.07, 6.45) is 7.19.